The van der Waals surface area contributed by atoms with Crippen LogP contribution in [0.2, 0.25) is 0 Å². The maximum Gasteiger partial charge on any atom is 0.240 e. The summed E-state index contributed by atoms with van der Waals surface area (Å²) in [5.41, 5.74) is 5.40. The van der Waals surface area contributed by atoms with E-state index in [2.05, 4.69) is 5.32 Å². The van der Waals surface area contributed by atoms with Gasteiger partial charge in [-0.3, -0.25) is 9.59 Å². The number of carbonyl (C=O) groups is 2. The van der Waals surface area contributed by atoms with E-state index in [1.54, 1.807) is 11.9 Å². The number of carbonyl (C=O) groups excluding carboxylic acids is 2. The maximum absolute atomic E-state index is 12.3. The second kappa shape index (κ2) is 7.07. The molecule has 0 atom stereocenters. The Balaban J connectivity index is 2.41. The van der Waals surface area contributed by atoms with Gasteiger partial charge in [-0.2, -0.15) is 0 Å². The van der Waals surface area contributed by atoms with Crippen LogP contribution >= 0.6 is 0 Å². The molecule has 2 amide bonds. The molecule has 5 heteroatoms. The molecule has 0 heterocycles. The summed E-state index contributed by atoms with van der Waals surface area (Å²) in [4.78, 5) is 25.7. The quantitative estimate of drug-likeness (QED) is 0.812. The predicted molar refractivity (Wildman–Crippen MR) is 80.0 cm³/mol. The van der Waals surface area contributed by atoms with Gasteiger partial charge in [-0.25, -0.2) is 0 Å². The van der Waals surface area contributed by atoms with Crippen LogP contribution < -0.4 is 11.1 Å². The van der Waals surface area contributed by atoms with Gasteiger partial charge in [-0.05, 0) is 58.9 Å². The molecule has 1 rings (SSSR count). The number of nitrogens with one attached hydrogen (secondary N) is 1. The van der Waals surface area contributed by atoms with Crippen LogP contribution in [0.1, 0.15) is 46.5 Å². The van der Waals surface area contributed by atoms with Gasteiger partial charge in [0.25, 0.3) is 0 Å². The first-order chi connectivity index (χ1) is 9.23. The minimum Gasteiger partial charge on any atom is -0.350 e. The Hall–Kier alpha value is -1.10. The summed E-state index contributed by atoms with van der Waals surface area (Å²) in [6, 6.07) is 0. The number of amides is 2. The smallest absolute Gasteiger partial charge is 0.240 e. The molecular weight excluding hydrogens is 254 g/mol. The fourth-order valence-corrected chi connectivity index (χ4v) is 2.71. The summed E-state index contributed by atoms with van der Waals surface area (Å²) in [5, 5.41) is 2.87. The Labute approximate surface area is 122 Å². The summed E-state index contributed by atoms with van der Waals surface area (Å²) < 4.78 is 0. The number of hydrogen-bond donors (Lipinski definition) is 2. The molecule has 1 fully saturated rings. The van der Waals surface area contributed by atoms with Crippen LogP contribution in [0.5, 0.6) is 0 Å². The van der Waals surface area contributed by atoms with Crippen LogP contribution in [-0.2, 0) is 9.59 Å². The Morgan fingerprint density at radius 2 is 1.75 bits per heavy atom. The molecule has 5 nitrogen and oxygen atoms in total. The molecule has 0 saturated heterocycles. The molecule has 0 aliphatic heterocycles. The van der Waals surface area contributed by atoms with Crippen molar-refractivity contribution in [2.75, 3.05) is 20.1 Å². The lowest BCUT2D eigenvalue weighted by molar-refractivity contribution is -0.139. The second-order valence-corrected chi connectivity index (χ2v) is 6.95. The van der Waals surface area contributed by atoms with Gasteiger partial charge in [-0.15, -0.1) is 0 Å². The van der Waals surface area contributed by atoms with E-state index in [4.69, 9.17) is 5.73 Å². The van der Waals surface area contributed by atoms with Gasteiger partial charge >= 0.3 is 0 Å². The minimum atomic E-state index is -0.264. The molecule has 1 aliphatic rings. The van der Waals surface area contributed by atoms with Crippen molar-refractivity contribution in [3.63, 3.8) is 0 Å². The number of hydrogen-bond acceptors (Lipinski definition) is 3. The van der Waals surface area contributed by atoms with Crippen LogP contribution in [0.3, 0.4) is 0 Å². The van der Waals surface area contributed by atoms with Gasteiger partial charge in [0.1, 0.15) is 0 Å². The van der Waals surface area contributed by atoms with Crippen molar-refractivity contribution in [2.45, 2.75) is 52.0 Å². The van der Waals surface area contributed by atoms with Gasteiger partial charge in [0.15, 0.2) is 0 Å². The van der Waals surface area contributed by atoms with Crippen LogP contribution in [0, 0.1) is 11.8 Å². The predicted octanol–water partition coefficient (Wildman–Crippen LogP) is 1.12. The molecule has 0 radical (unpaired) electrons. The van der Waals surface area contributed by atoms with Crippen LogP contribution in [-0.4, -0.2) is 42.4 Å². The fourth-order valence-electron chi connectivity index (χ4n) is 2.71. The topological polar surface area (TPSA) is 75.4 Å². The highest BCUT2D eigenvalue weighted by Crippen LogP contribution is 2.29. The SMILES string of the molecule is CN(CC(=O)NC(C)(C)C)C(=O)C1CCC(CN)CC1. The Bertz CT molecular complexity index is 342. The van der Waals surface area contributed by atoms with E-state index in [1.807, 2.05) is 20.8 Å². The van der Waals surface area contributed by atoms with E-state index in [9.17, 15) is 9.59 Å². The van der Waals surface area contributed by atoms with E-state index < -0.39 is 0 Å². The van der Waals surface area contributed by atoms with Crippen LogP contribution in [0.25, 0.3) is 0 Å². The minimum absolute atomic E-state index is 0.0604. The van der Waals surface area contributed by atoms with Gasteiger partial charge in [-0.1, -0.05) is 0 Å². The lowest BCUT2D eigenvalue weighted by Crippen LogP contribution is -2.47. The van der Waals surface area contributed by atoms with Crippen molar-refractivity contribution in [1.29, 1.82) is 0 Å². The van der Waals surface area contributed by atoms with Crippen LogP contribution in [0.4, 0.5) is 0 Å². The first-order valence-corrected chi connectivity index (χ1v) is 7.49. The lowest BCUT2D eigenvalue weighted by atomic mass is 9.81. The summed E-state index contributed by atoms with van der Waals surface area (Å²) in [6.07, 6.45) is 3.84. The number of likely N-dealkylation sites (N-methyl/N-ethyl adjacent to an activating group) is 1. The fraction of sp³-hybridized carbons (Fsp3) is 0.867. The summed E-state index contributed by atoms with van der Waals surface area (Å²) in [7, 11) is 1.71. The van der Waals surface area contributed by atoms with E-state index in [0.29, 0.717) is 12.5 Å². The second-order valence-electron chi connectivity index (χ2n) is 6.95. The third kappa shape index (κ3) is 5.49. The van der Waals surface area contributed by atoms with Gasteiger partial charge in [0, 0.05) is 18.5 Å². The highest BCUT2D eigenvalue weighted by molar-refractivity contribution is 5.86. The molecule has 1 aliphatic carbocycles. The monoisotopic (exact) mass is 283 g/mol. The van der Waals surface area contributed by atoms with Crippen molar-refractivity contribution >= 4 is 11.8 Å². The van der Waals surface area contributed by atoms with Gasteiger partial charge in [0.2, 0.25) is 11.8 Å². The lowest BCUT2D eigenvalue weighted by Gasteiger charge is -2.30. The van der Waals surface area contributed by atoms with E-state index in [0.717, 1.165) is 25.7 Å². The van der Waals surface area contributed by atoms with Crippen molar-refractivity contribution in [3.05, 3.63) is 0 Å². The first kappa shape index (κ1) is 17.0. The van der Waals surface area contributed by atoms with Crippen molar-refractivity contribution < 1.29 is 9.59 Å². The summed E-state index contributed by atoms with van der Waals surface area (Å²) in [5.74, 6) is 0.604. The molecule has 0 aromatic heterocycles. The zero-order chi connectivity index (χ0) is 15.3. The first-order valence-electron chi connectivity index (χ1n) is 7.49. The normalized spacial score (nSPS) is 23.2. The van der Waals surface area contributed by atoms with Crippen molar-refractivity contribution in [2.24, 2.45) is 17.6 Å². The average molecular weight is 283 g/mol. The molecule has 3 N–H and O–H groups in total. The molecule has 20 heavy (non-hydrogen) atoms. The zero-order valence-corrected chi connectivity index (χ0v) is 13.2. The molecule has 0 aromatic rings. The Morgan fingerprint density at radius 1 is 1.20 bits per heavy atom. The van der Waals surface area contributed by atoms with Gasteiger partial charge < -0.3 is 16.0 Å². The summed E-state index contributed by atoms with van der Waals surface area (Å²) >= 11 is 0. The number of nitrogens with two attached hydrogens (primary N) is 1. The Morgan fingerprint density at radius 3 is 2.20 bits per heavy atom. The molecule has 0 bridgehead atoms. The van der Waals surface area contributed by atoms with E-state index >= 15 is 0 Å². The van der Waals surface area contributed by atoms with Gasteiger partial charge in [0.05, 0.1) is 6.54 Å². The van der Waals surface area contributed by atoms with E-state index in [1.165, 1.54) is 0 Å². The standard InChI is InChI=1S/C15H29N3O2/c1-15(2,3)17-13(19)10-18(4)14(20)12-7-5-11(9-16)6-8-12/h11-12H,5-10,16H2,1-4H3,(H,17,19). The zero-order valence-electron chi connectivity index (χ0n) is 13.2. The average Bonchev–Trinajstić information content (AvgIpc) is 2.35. The molecule has 116 valence electrons. The van der Waals surface area contributed by atoms with E-state index in [-0.39, 0.29) is 29.8 Å². The largest absolute Gasteiger partial charge is 0.350 e. The molecule has 0 aromatic carbocycles. The molecule has 1 saturated carbocycles. The molecule has 0 unspecified atom stereocenters. The Kier molecular flexibility index (Phi) is 5.99. The molecular formula is C15H29N3O2. The van der Waals surface area contributed by atoms with Crippen LogP contribution in [0.15, 0.2) is 0 Å². The number of nitrogens with zero attached hydrogens (tertiary/aromatic N) is 1. The summed E-state index contributed by atoms with van der Waals surface area (Å²) in [6.45, 7) is 6.64. The van der Waals surface area contributed by atoms with Crippen molar-refractivity contribution in [1.82, 2.24) is 10.2 Å². The maximum atomic E-state index is 12.3. The number of rotatable bonds is 4. The molecule has 0 spiro atoms. The highest BCUT2D eigenvalue weighted by Gasteiger charge is 2.28. The third-order valence-electron chi connectivity index (χ3n) is 3.80. The van der Waals surface area contributed by atoms with Crippen molar-refractivity contribution in [3.8, 4) is 0 Å². The highest BCUT2D eigenvalue weighted by atomic mass is 16.2. The third-order valence-corrected chi connectivity index (χ3v) is 3.80.